The lowest BCUT2D eigenvalue weighted by atomic mass is 10.2. The van der Waals surface area contributed by atoms with Crippen LogP contribution in [-0.4, -0.2) is 101 Å². The minimum atomic E-state index is -0.519. The predicted molar refractivity (Wildman–Crippen MR) is 115 cm³/mol. The molecule has 0 radical (unpaired) electrons. The van der Waals surface area contributed by atoms with E-state index in [1.165, 1.54) is 0 Å². The topological polar surface area (TPSA) is 83.1 Å². The molecule has 1 rings (SSSR count). The Morgan fingerprint density at radius 3 is 1.29 bits per heavy atom. The van der Waals surface area contributed by atoms with E-state index in [2.05, 4.69) is 0 Å². The summed E-state index contributed by atoms with van der Waals surface area (Å²) in [5.41, 5.74) is 0.895. The Morgan fingerprint density at radius 2 is 0.903 bits per heavy atom. The van der Waals surface area contributed by atoms with Crippen molar-refractivity contribution in [3.8, 4) is 5.75 Å². The fourth-order valence-electron chi connectivity index (χ4n) is 2.36. The highest BCUT2D eigenvalue weighted by molar-refractivity contribution is 5.27. The van der Waals surface area contributed by atoms with Crippen LogP contribution in [0, 0.1) is 0 Å². The minimum absolute atomic E-state index is 0.392. The second-order valence-corrected chi connectivity index (χ2v) is 6.28. The molecule has 0 atom stereocenters. The van der Waals surface area contributed by atoms with Gasteiger partial charge in [0, 0.05) is 19.8 Å². The number of benzene rings is 1. The lowest BCUT2D eigenvalue weighted by Gasteiger charge is -2.19. The molecule has 1 aromatic rings. The molecule has 0 aliphatic rings. The van der Waals surface area contributed by atoms with Crippen molar-refractivity contribution < 1.29 is 42.6 Å². The Kier molecular flexibility index (Phi) is 18.4. The molecular formula is C22H38O9. The van der Waals surface area contributed by atoms with Crippen LogP contribution in [0.2, 0.25) is 0 Å². The number of rotatable bonds is 22. The van der Waals surface area contributed by atoms with Gasteiger partial charge in [-0.3, -0.25) is 0 Å². The van der Waals surface area contributed by atoms with Gasteiger partial charge in [-0.25, -0.2) is 0 Å². The zero-order valence-corrected chi connectivity index (χ0v) is 19.0. The lowest BCUT2D eigenvalue weighted by Crippen LogP contribution is -2.17. The molecule has 0 saturated heterocycles. The molecule has 31 heavy (non-hydrogen) atoms. The minimum Gasteiger partial charge on any atom is -0.497 e. The van der Waals surface area contributed by atoms with Gasteiger partial charge in [-0.15, -0.1) is 0 Å². The van der Waals surface area contributed by atoms with E-state index in [4.69, 9.17) is 42.6 Å². The van der Waals surface area contributed by atoms with E-state index < -0.39 is 6.29 Å². The predicted octanol–water partition coefficient (Wildman–Crippen LogP) is 2.09. The highest BCUT2D eigenvalue weighted by Crippen LogP contribution is 2.21. The quantitative estimate of drug-likeness (QED) is 0.196. The molecule has 0 aromatic heterocycles. The zero-order valence-electron chi connectivity index (χ0n) is 19.0. The third-order valence-corrected chi connectivity index (χ3v) is 3.99. The molecule has 0 unspecified atom stereocenters. The summed E-state index contributed by atoms with van der Waals surface area (Å²) in [7, 11) is 4.92. The van der Waals surface area contributed by atoms with Crippen LogP contribution in [0.3, 0.4) is 0 Å². The molecule has 0 aliphatic carbocycles. The van der Waals surface area contributed by atoms with Crippen LogP contribution >= 0.6 is 0 Å². The maximum absolute atomic E-state index is 5.88. The van der Waals surface area contributed by atoms with Gasteiger partial charge in [-0.2, -0.15) is 0 Å². The van der Waals surface area contributed by atoms with Gasteiger partial charge in [0.2, 0.25) is 0 Å². The third kappa shape index (κ3) is 15.2. The van der Waals surface area contributed by atoms with Crippen LogP contribution < -0.4 is 4.74 Å². The summed E-state index contributed by atoms with van der Waals surface area (Å²) in [6.45, 7) is 5.99. The van der Waals surface area contributed by atoms with Gasteiger partial charge in [0.15, 0.2) is 6.29 Å². The van der Waals surface area contributed by atoms with Crippen LogP contribution in [0.1, 0.15) is 11.9 Å². The Hall–Kier alpha value is -1.30. The first kappa shape index (κ1) is 27.7. The van der Waals surface area contributed by atoms with Crippen molar-refractivity contribution in [2.75, 3.05) is 101 Å². The molecule has 0 N–H and O–H groups in total. The van der Waals surface area contributed by atoms with Crippen LogP contribution in [0.25, 0.3) is 0 Å². The van der Waals surface area contributed by atoms with E-state index in [-0.39, 0.29) is 0 Å². The SMILES string of the molecule is COCCOCCOCCOC(OCCOCCOCCOC)c1ccc(OC)cc1. The van der Waals surface area contributed by atoms with Gasteiger partial charge < -0.3 is 42.6 Å². The molecule has 180 valence electrons. The van der Waals surface area contributed by atoms with Gasteiger partial charge in [0.1, 0.15) is 5.75 Å². The van der Waals surface area contributed by atoms with Crippen molar-refractivity contribution >= 4 is 0 Å². The summed E-state index contributed by atoms with van der Waals surface area (Å²) >= 11 is 0. The average molecular weight is 447 g/mol. The maximum Gasteiger partial charge on any atom is 0.184 e. The summed E-state index contributed by atoms with van der Waals surface area (Å²) in [5.74, 6) is 0.774. The van der Waals surface area contributed by atoms with E-state index in [1.807, 2.05) is 24.3 Å². The van der Waals surface area contributed by atoms with Gasteiger partial charge in [0.05, 0.1) is 86.4 Å². The van der Waals surface area contributed by atoms with Gasteiger partial charge in [0.25, 0.3) is 0 Å². The molecule has 0 saturated carbocycles. The van der Waals surface area contributed by atoms with E-state index in [1.54, 1.807) is 21.3 Å². The Bertz CT molecular complexity index is 476. The summed E-state index contributed by atoms with van der Waals surface area (Å²) in [5, 5.41) is 0. The van der Waals surface area contributed by atoms with E-state index in [0.717, 1.165) is 11.3 Å². The van der Waals surface area contributed by atoms with E-state index >= 15 is 0 Å². The molecule has 0 heterocycles. The molecule has 0 bridgehead atoms. The Balaban J connectivity index is 2.25. The Morgan fingerprint density at radius 1 is 0.516 bits per heavy atom. The normalized spacial score (nSPS) is 11.4. The number of hydrogen-bond acceptors (Lipinski definition) is 9. The molecule has 0 spiro atoms. The number of hydrogen-bond donors (Lipinski definition) is 0. The van der Waals surface area contributed by atoms with Crippen molar-refractivity contribution in [1.82, 2.24) is 0 Å². The molecule has 1 aromatic carbocycles. The zero-order chi connectivity index (χ0) is 22.4. The molecule has 9 heteroatoms. The molecule has 0 fully saturated rings. The van der Waals surface area contributed by atoms with Gasteiger partial charge >= 0.3 is 0 Å². The van der Waals surface area contributed by atoms with Crippen molar-refractivity contribution in [2.24, 2.45) is 0 Å². The number of ether oxygens (including phenoxy) is 9. The largest absolute Gasteiger partial charge is 0.497 e. The maximum atomic E-state index is 5.88. The van der Waals surface area contributed by atoms with Crippen molar-refractivity contribution in [1.29, 1.82) is 0 Å². The first-order valence-electron chi connectivity index (χ1n) is 10.5. The molecular weight excluding hydrogens is 408 g/mol. The van der Waals surface area contributed by atoms with Crippen molar-refractivity contribution in [2.45, 2.75) is 6.29 Å². The monoisotopic (exact) mass is 446 g/mol. The average Bonchev–Trinajstić information content (AvgIpc) is 2.80. The summed E-state index contributed by atoms with van der Waals surface area (Å²) in [4.78, 5) is 0. The Labute approximate surface area is 185 Å². The highest BCUT2D eigenvalue weighted by Gasteiger charge is 2.13. The standard InChI is InChI=1S/C22H38O9/c1-23-8-10-26-12-14-28-16-18-30-22(20-4-6-21(25-3)7-5-20)31-19-17-29-15-13-27-11-9-24-2/h4-7,22H,8-19H2,1-3H3. The summed E-state index contributed by atoms with van der Waals surface area (Å²) in [6, 6.07) is 7.57. The lowest BCUT2D eigenvalue weighted by molar-refractivity contribution is -0.163. The first-order chi connectivity index (χ1) is 15.3. The number of methoxy groups -OCH3 is 3. The van der Waals surface area contributed by atoms with Crippen molar-refractivity contribution in [3.63, 3.8) is 0 Å². The van der Waals surface area contributed by atoms with Crippen LogP contribution in [0.15, 0.2) is 24.3 Å². The molecule has 0 aliphatic heterocycles. The van der Waals surface area contributed by atoms with Crippen LogP contribution in [0.4, 0.5) is 0 Å². The van der Waals surface area contributed by atoms with Crippen LogP contribution in [0.5, 0.6) is 5.75 Å². The highest BCUT2D eigenvalue weighted by atomic mass is 16.7. The fraction of sp³-hybridized carbons (Fsp3) is 0.727. The first-order valence-corrected chi connectivity index (χ1v) is 10.5. The molecule has 9 nitrogen and oxygen atoms in total. The van der Waals surface area contributed by atoms with Gasteiger partial charge in [-0.05, 0) is 12.1 Å². The van der Waals surface area contributed by atoms with E-state index in [0.29, 0.717) is 79.3 Å². The summed E-state index contributed by atoms with van der Waals surface area (Å²) in [6.07, 6.45) is -0.519. The van der Waals surface area contributed by atoms with Crippen LogP contribution in [-0.2, 0) is 37.9 Å². The molecule has 0 amide bonds. The van der Waals surface area contributed by atoms with E-state index in [9.17, 15) is 0 Å². The second-order valence-electron chi connectivity index (χ2n) is 6.28. The van der Waals surface area contributed by atoms with Gasteiger partial charge in [-0.1, -0.05) is 12.1 Å². The van der Waals surface area contributed by atoms with Crippen molar-refractivity contribution in [3.05, 3.63) is 29.8 Å². The smallest absolute Gasteiger partial charge is 0.184 e. The second kappa shape index (κ2) is 20.6. The third-order valence-electron chi connectivity index (χ3n) is 3.99. The summed E-state index contributed by atoms with van der Waals surface area (Å²) < 4.78 is 48.5. The fourth-order valence-corrected chi connectivity index (χ4v) is 2.36.